The van der Waals surface area contributed by atoms with Crippen LogP contribution in [0.25, 0.3) is 0 Å². The van der Waals surface area contributed by atoms with Crippen LogP contribution >= 0.6 is 27.3 Å². The molecular weight excluding hydrogens is 300 g/mol. The van der Waals surface area contributed by atoms with Crippen LogP contribution in [0.2, 0.25) is 0 Å². The van der Waals surface area contributed by atoms with E-state index in [-0.39, 0.29) is 0 Å². The summed E-state index contributed by atoms with van der Waals surface area (Å²) in [4.78, 5) is 1.36. The zero-order valence-electron chi connectivity index (χ0n) is 9.88. The lowest BCUT2D eigenvalue weighted by Gasteiger charge is -2.22. The number of ether oxygens (including phenoxy) is 1. The SMILES string of the molecule is Brc1csc(CNCCOC2CCNCC2)c1. The van der Waals surface area contributed by atoms with Crippen LogP contribution in [0.1, 0.15) is 17.7 Å². The van der Waals surface area contributed by atoms with Crippen molar-refractivity contribution in [3.63, 3.8) is 0 Å². The molecule has 1 fully saturated rings. The van der Waals surface area contributed by atoms with Crippen molar-refractivity contribution in [2.45, 2.75) is 25.5 Å². The van der Waals surface area contributed by atoms with E-state index in [1.165, 1.54) is 9.35 Å². The molecule has 17 heavy (non-hydrogen) atoms. The fourth-order valence-corrected chi connectivity index (χ4v) is 3.34. The molecule has 0 unspecified atom stereocenters. The monoisotopic (exact) mass is 318 g/mol. The molecule has 96 valence electrons. The summed E-state index contributed by atoms with van der Waals surface area (Å²) in [7, 11) is 0. The molecule has 0 atom stereocenters. The van der Waals surface area contributed by atoms with E-state index in [4.69, 9.17) is 4.74 Å². The molecule has 0 aliphatic carbocycles. The summed E-state index contributed by atoms with van der Waals surface area (Å²) in [5, 5.41) is 8.86. The summed E-state index contributed by atoms with van der Waals surface area (Å²) in [5.41, 5.74) is 0. The Balaban J connectivity index is 1.51. The predicted octanol–water partition coefficient (Wildman–Crippen LogP) is 2.37. The molecule has 1 aromatic rings. The average Bonchev–Trinajstić information content (AvgIpc) is 2.76. The lowest BCUT2D eigenvalue weighted by atomic mass is 10.1. The normalized spacial score (nSPS) is 17.5. The van der Waals surface area contributed by atoms with Gasteiger partial charge in [0.05, 0.1) is 12.7 Å². The molecule has 0 spiro atoms. The van der Waals surface area contributed by atoms with E-state index in [2.05, 4.69) is 38.0 Å². The minimum atomic E-state index is 0.467. The van der Waals surface area contributed by atoms with Crippen LogP contribution in [0.15, 0.2) is 15.9 Å². The predicted molar refractivity (Wildman–Crippen MR) is 75.6 cm³/mol. The zero-order chi connectivity index (χ0) is 11.9. The largest absolute Gasteiger partial charge is 0.377 e. The third-order valence-corrected chi connectivity index (χ3v) is 4.54. The maximum Gasteiger partial charge on any atom is 0.0600 e. The molecule has 3 nitrogen and oxygen atoms in total. The van der Waals surface area contributed by atoms with Gasteiger partial charge < -0.3 is 15.4 Å². The van der Waals surface area contributed by atoms with Gasteiger partial charge >= 0.3 is 0 Å². The van der Waals surface area contributed by atoms with E-state index in [1.54, 1.807) is 11.3 Å². The molecule has 0 radical (unpaired) electrons. The van der Waals surface area contributed by atoms with E-state index < -0.39 is 0 Å². The van der Waals surface area contributed by atoms with Gasteiger partial charge in [0.2, 0.25) is 0 Å². The maximum absolute atomic E-state index is 5.82. The molecule has 2 rings (SSSR count). The summed E-state index contributed by atoms with van der Waals surface area (Å²) >= 11 is 5.24. The molecule has 2 heterocycles. The molecule has 1 aliphatic heterocycles. The second-order valence-electron chi connectivity index (χ2n) is 4.23. The van der Waals surface area contributed by atoms with E-state index in [0.717, 1.165) is 45.6 Å². The summed E-state index contributed by atoms with van der Waals surface area (Å²) < 4.78 is 6.99. The highest BCUT2D eigenvalue weighted by Gasteiger charge is 2.12. The Morgan fingerprint density at radius 2 is 2.29 bits per heavy atom. The number of nitrogens with one attached hydrogen (secondary N) is 2. The number of piperidine rings is 1. The Kier molecular flexibility index (Phi) is 5.94. The number of halogens is 1. The lowest BCUT2D eigenvalue weighted by molar-refractivity contribution is 0.0348. The summed E-state index contributed by atoms with van der Waals surface area (Å²) in [6, 6.07) is 2.16. The Hall–Kier alpha value is 0.0600. The first-order valence-corrected chi connectivity index (χ1v) is 7.78. The van der Waals surface area contributed by atoms with Crippen molar-refractivity contribution in [2.75, 3.05) is 26.2 Å². The third kappa shape index (κ3) is 5.06. The molecule has 1 aliphatic rings. The van der Waals surface area contributed by atoms with Crippen molar-refractivity contribution in [3.8, 4) is 0 Å². The first-order chi connectivity index (χ1) is 8.34. The maximum atomic E-state index is 5.82. The highest BCUT2D eigenvalue weighted by molar-refractivity contribution is 9.10. The summed E-state index contributed by atoms with van der Waals surface area (Å²) in [6.45, 7) is 4.88. The molecule has 0 bridgehead atoms. The van der Waals surface area contributed by atoms with Gasteiger partial charge in [0.25, 0.3) is 0 Å². The van der Waals surface area contributed by atoms with E-state index in [0.29, 0.717) is 6.10 Å². The van der Waals surface area contributed by atoms with Gasteiger partial charge in [-0.3, -0.25) is 0 Å². The molecule has 2 N–H and O–H groups in total. The standard InChI is InChI=1S/C12H19BrN2OS/c13-10-7-12(17-9-10)8-15-5-6-16-11-1-3-14-4-2-11/h7,9,11,14-15H,1-6,8H2. The Morgan fingerprint density at radius 3 is 3.00 bits per heavy atom. The summed E-state index contributed by atoms with van der Waals surface area (Å²) in [5.74, 6) is 0. The molecule has 1 aromatic heterocycles. The molecule has 5 heteroatoms. The Labute approximate surface area is 115 Å². The second kappa shape index (κ2) is 7.48. The summed E-state index contributed by atoms with van der Waals surface area (Å²) in [6.07, 6.45) is 2.77. The van der Waals surface area contributed by atoms with E-state index in [1.807, 2.05) is 0 Å². The topological polar surface area (TPSA) is 33.3 Å². The van der Waals surface area contributed by atoms with Gasteiger partial charge in [-0.25, -0.2) is 0 Å². The van der Waals surface area contributed by atoms with Crippen molar-refractivity contribution in [2.24, 2.45) is 0 Å². The molecule has 1 saturated heterocycles. The van der Waals surface area contributed by atoms with Gasteiger partial charge in [-0.1, -0.05) is 0 Å². The highest BCUT2D eigenvalue weighted by Crippen LogP contribution is 2.19. The van der Waals surface area contributed by atoms with Crippen molar-refractivity contribution in [1.29, 1.82) is 0 Å². The van der Waals surface area contributed by atoms with Crippen LogP contribution in [-0.4, -0.2) is 32.3 Å². The zero-order valence-corrected chi connectivity index (χ0v) is 12.3. The minimum Gasteiger partial charge on any atom is -0.377 e. The van der Waals surface area contributed by atoms with Crippen molar-refractivity contribution < 1.29 is 4.74 Å². The van der Waals surface area contributed by atoms with Crippen LogP contribution in [-0.2, 0) is 11.3 Å². The fourth-order valence-electron chi connectivity index (χ4n) is 1.92. The van der Waals surface area contributed by atoms with E-state index in [9.17, 15) is 0 Å². The first-order valence-electron chi connectivity index (χ1n) is 6.10. The van der Waals surface area contributed by atoms with Crippen LogP contribution in [0, 0.1) is 0 Å². The smallest absolute Gasteiger partial charge is 0.0600 e. The van der Waals surface area contributed by atoms with Crippen LogP contribution in [0.4, 0.5) is 0 Å². The van der Waals surface area contributed by atoms with Crippen molar-refractivity contribution >= 4 is 27.3 Å². The van der Waals surface area contributed by atoms with Crippen LogP contribution in [0.5, 0.6) is 0 Å². The van der Waals surface area contributed by atoms with Gasteiger partial charge in [-0.05, 0) is 47.9 Å². The molecular formula is C12H19BrN2OS. The van der Waals surface area contributed by atoms with E-state index >= 15 is 0 Å². The number of rotatable bonds is 6. The lowest BCUT2D eigenvalue weighted by Crippen LogP contribution is -2.33. The number of hydrogen-bond acceptors (Lipinski definition) is 4. The van der Waals surface area contributed by atoms with Gasteiger partial charge in [0.15, 0.2) is 0 Å². The molecule has 0 saturated carbocycles. The first kappa shape index (κ1) is 13.5. The van der Waals surface area contributed by atoms with Crippen molar-refractivity contribution in [1.82, 2.24) is 10.6 Å². The number of hydrogen-bond donors (Lipinski definition) is 2. The Bertz CT molecular complexity index is 326. The molecule has 0 amide bonds. The second-order valence-corrected chi connectivity index (χ2v) is 6.14. The van der Waals surface area contributed by atoms with Gasteiger partial charge in [0, 0.05) is 27.8 Å². The minimum absolute atomic E-state index is 0.467. The number of thiophene rings is 1. The van der Waals surface area contributed by atoms with Gasteiger partial charge in [-0.15, -0.1) is 11.3 Å². The average molecular weight is 319 g/mol. The van der Waals surface area contributed by atoms with Gasteiger partial charge in [0.1, 0.15) is 0 Å². The highest BCUT2D eigenvalue weighted by atomic mass is 79.9. The molecule has 0 aromatic carbocycles. The Morgan fingerprint density at radius 1 is 1.47 bits per heavy atom. The fraction of sp³-hybridized carbons (Fsp3) is 0.667. The van der Waals surface area contributed by atoms with Crippen molar-refractivity contribution in [3.05, 3.63) is 20.8 Å². The van der Waals surface area contributed by atoms with Crippen LogP contribution in [0.3, 0.4) is 0 Å². The van der Waals surface area contributed by atoms with Gasteiger partial charge in [-0.2, -0.15) is 0 Å². The van der Waals surface area contributed by atoms with Crippen LogP contribution < -0.4 is 10.6 Å². The quantitative estimate of drug-likeness (QED) is 0.790. The third-order valence-electron chi connectivity index (χ3n) is 2.84.